The van der Waals surface area contributed by atoms with Crippen LogP contribution in [-0.2, 0) is 4.79 Å². The highest BCUT2D eigenvalue weighted by Crippen LogP contribution is 2.34. The molecule has 0 saturated carbocycles. The number of rotatable bonds is 3. The fourth-order valence-electron chi connectivity index (χ4n) is 4.01. The minimum atomic E-state index is 0.0278. The van der Waals surface area contributed by atoms with Crippen LogP contribution in [0, 0.1) is 5.92 Å². The van der Waals surface area contributed by atoms with E-state index in [9.17, 15) is 4.79 Å². The quantitative estimate of drug-likeness (QED) is 0.861. The lowest BCUT2D eigenvalue weighted by Crippen LogP contribution is -2.45. The summed E-state index contributed by atoms with van der Waals surface area (Å²) in [6.45, 7) is 2.48. The summed E-state index contributed by atoms with van der Waals surface area (Å²) in [5.74, 6) is 1.03. The molecule has 6 heteroatoms. The molecule has 2 atom stereocenters. The van der Waals surface area contributed by atoms with E-state index in [0.717, 1.165) is 44.7 Å². The molecule has 0 N–H and O–H groups in total. The molecule has 0 spiro atoms. The van der Waals surface area contributed by atoms with E-state index in [1.165, 1.54) is 5.56 Å². The Morgan fingerprint density at radius 3 is 2.56 bits per heavy atom. The zero-order valence-corrected chi connectivity index (χ0v) is 14.3. The van der Waals surface area contributed by atoms with Crippen molar-refractivity contribution in [1.29, 1.82) is 0 Å². The third-order valence-corrected chi connectivity index (χ3v) is 5.23. The maximum atomic E-state index is 13.2. The summed E-state index contributed by atoms with van der Waals surface area (Å²) < 4.78 is 0. The van der Waals surface area contributed by atoms with Crippen LogP contribution in [0.5, 0.6) is 0 Å². The van der Waals surface area contributed by atoms with Gasteiger partial charge in [-0.1, -0.05) is 0 Å². The molecule has 130 valence electrons. The Hall–Kier alpha value is -2.50. The van der Waals surface area contributed by atoms with Crippen molar-refractivity contribution < 1.29 is 4.79 Å². The van der Waals surface area contributed by atoms with E-state index in [0.29, 0.717) is 6.54 Å². The number of hydrogen-bond donors (Lipinski definition) is 0. The average molecular weight is 337 g/mol. The summed E-state index contributed by atoms with van der Waals surface area (Å²) in [4.78, 5) is 30.2. The van der Waals surface area contributed by atoms with Gasteiger partial charge in [0.05, 0.1) is 12.0 Å². The smallest absolute Gasteiger partial charge is 0.227 e. The molecule has 2 aliphatic rings. The highest BCUT2D eigenvalue weighted by atomic mass is 16.2. The highest BCUT2D eigenvalue weighted by molar-refractivity contribution is 5.80. The normalized spacial score (nSPS) is 23.7. The van der Waals surface area contributed by atoms with E-state index in [2.05, 4.69) is 24.8 Å². The molecule has 0 aromatic carbocycles. The van der Waals surface area contributed by atoms with Crippen molar-refractivity contribution in [2.45, 2.75) is 31.7 Å². The number of pyridine rings is 1. The Bertz CT molecular complexity index is 708. The monoisotopic (exact) mass is 337 g/mol. The summed E-state index contributed by atoms with van der Waals surface area (Å²) >= 11 is 0. The second-order valence-electron chi connectivity index (χ2n) is 6.80. The van der Waals surface area contributed by atoms with Crippen molar-refractivity contribution in [1.82, 2.24) is 19.9 Å². The molecule has 2 aromatic heterocycles. The first-order valence-corrected chi connectivity index (χ1v) is 9.05. The number of likely N-dealkylation sites (tertiary alicyclic amines) is 1. The zero-order chi connectivity index (χ0) is 17.1. The molecule has 4 heterocycles. The van der Waals surface area contributed by atoms with E-state index >= 15 is 0 Å². The van der Waals surface area contributed by atoms with Crippen molar-refractivity contribution in [3.05, 3.63) is 48.5 Å². The fraction of sp³-hybridized carbons (Fsp3) is 0.474. The van der Waals surface area contributed by atoms with Gasteiger partial charge in [0.2, 0.25) is 11.9 Å². The number of aromatic nitrogens is 3. The number of carbonyl (C=O) groups excluding carboxylic acids is 1. The molecule has 0 unspecified atom stereocenters. The van der Waals surface area contributed by atoms with Gasteiger partial charge in [-0.3, -0.25) is 9.78 Å². The van der Waals surface area contributed by atoms with E-state index in [1.807, 2.05) is 30.6 Å². The van der Waals surface area contributed by atoms with Gasteiger partial charge >= 0.3 is 0 Å². The van der Waals surface area contributed by atoms with Gasteiger partial charge in [0, 0.05) is 44.4 Å². The van der Waals surface area contributed by atoms with Gasteiger partial charge in [0.25, 0.3) is 0 Å². The minimum absolute atomic E-state index is 0.0278. The van der Waals surface area contributed by atoms with Gasteiger partial charge in [-0.15, -0.1) is 0 Å². The van der Waals surface area contributed by atoms with Gasteiger partial charge in [0.15, 0.2) is 0 Å². The first-order chi connectivity index (χ1) is 12.3. The van der Waals surface area contributed by atoms with Crippen LogP contribution in [0.4, 0.5) is 5.95 Å². The lowest BCUT2D eigenvalue weighted by atomic mass is 9.95. The summed E-state index contributed by atoms with van der Waals surface area (Å²) in [5, 5.41) is 0. The topological polar surface area (TPSA) is 62.2 Å². The van der Waals surface area contributed by atoms with E-state index in [4.69, 9.17) is 0 Å². The molecule has 2 aromatic rings. The molecule has 2 aliphatic heterocycles. The SMILES string of the molecule is O=C([C@@H]1CCCN(c2ncccn2)C1)N1CCC[C@@H]1c1ccncc1. The van der Waals surface area contributed by atoms with E-state index in [1.54, 1.807) is 12.4 Å². The maximum Gasteiger partial charge on any atom is 0.227 e. The molecule has 25 heavy (non-hydrogen) atoms. The molecule has 0 aliphatic carbocycles. The van der Waals surface area contributed by atoms with E-state index < -0.39 is 0 Å². The van der Waals surface area contributed by atoms with Crippen LogP contribution in [0.1, 0.15) is 37.3 Å². The van der Waals surface area contributed by atoms with Gasteiger partial charge < -0.3 is 9.80 Å². The van der Waals surface area contributed by atoms with Gasteiger partial charge in [-0.05, 0) is 49.4 Å². The Balaban J connectivity index is 1.48. The van der Waals surface area contributed by atoms with Crippen LogP contribution in [0.2, 0.25) is 0 Å². The molecule has 6 nitrogen and oxygen atoms in total. The Morgan fingerprint density at radius 1 is 1.00 bits per heavy atom. The van der Waals surface area contributed by atoms with Crippen LogP contribution in [0.25, 0.3) is 0 Å². The van der Waals surface area contributed by atoms with Crippen molar-refractivity contribution in [2.75, 3.05) is 24.5 Å². The molecule has 2 fully saturated rings. The van der Waals surface area contributed by atoms with Crippen molar-refractivity contribution in [2.24, 2.45) is 5.92 Å². The molecular formula is C19H23N5O. The number of anilines is 1. The number of carbonyl (C=O) groups is 1. The minimum Gasteiger partial charge on any atom is -0.340 e. The van der Waals surface area contributed by atoms with Gasteiger partial charge in [0.1, 0.15) is 0 Å². The second kappa shape index (κ2) is 7.17. The Kier molecular flexibility index (Phi) is 4.59. The Morgan fingerprint density at radius 2 is 1.76 bits per heavy atom. The van der Waals surface area contributed by atoms with Gasteiger partial charge in [-0.25, -0.2) is 9.97 Å². The summed E-state index contributed by atoms with van der Waals surface area (Å²) in [6, 6.07) is 6.07. The highest BCUT2D eigenvalue weighted by Gasteiger charge is 2.36. The molecule has 0 bridgehead atoms. The van der Waals surface area contributed by atoms with Crippen LogP contribution in [0.3, 0.4) is 0 Å². The predicted molar refractivity (Wildman–Crippen MR) is 94.9 cm³/mol. The summed E-state index contributed by atoms with van der Waals surface area (Å²) in [7, 11) is 0. The third kappa shape index (κ3) is 3.34. The van der Waals surface area contributed by atoms with Gasteiger partial charge in [-0.2, -0.15) is 0 Å². The molecular weight excluding hydrogens is 314 g/mol. The molecule has 1 amide bonds. The first kappa shape index (κ1) is 16.0. The lowest BCUT2D eigenvalue weighted by Gasteiger charge is -2.35. The molecule has 0 radical (unpaired) electrons. The second-order valence-corrected chi connectivity index (χ2v) is 6.80. The fourth-order valence-corrected chi connectivity index (χ4v) is 4.01. The number of hydrogen-bond acceptors (Lipinski definition) is 5. The number of nitrogens with zero attached hydrogens (tertiary/aromatic N) is 5. The van der Waals surface area contributed by atoms with Crippen LogP contribution in [0.15, 0.2) is 43.0 Å². The summed E-state index contributed by atoms with van der Waals surface area (Å²) in [6.07, 6.45) is 11.2. The summed E-state index contributed by atoms with van der Waals surface area (Å²) in [5.41, 5.74) is 1.19. The maximum absolute atomic E-state index is 13.2. The Labute approximate surface area is 147 Å². The zero-order valence-electron chi connectivity index (χ0n) is 14.3. The van der Waals surface area contributed by atoms with Crippen LogP contribution in [-0.4, -0.2) is 45.4 Å². The lowest BCUT2D eigenvalue weighted by molar-refractivity contribution is -0.136. The molecule has 2 saturated heterocycles. The van der Waals surface area contributed by atoms with Crippen LogP contribution < -0.4 is 4.90 Å². The van der Waals surface area contributed by atoms with Crippen molar-refractivity contribution in [3.63, 3.8) is 0 Å². The van der Waals surface area contributed by atoms with Crippen molar-refractivity contribution >= 4 is 11.9 Å². The predicted octanol–water partition coefficient (Wildman–Crippen LogP) is 2.45. The van der Waals surface area contributed by atoms with Crippen LogP contribution >= 0.6 is 0 Å². The average Bonchev–Trinajstić information content (AvgIpc) is 3.19. The molecule has 4 rings (SSSR count). The first-order valence-electron chi connectivity index (χ1n) is 9.05. The standard InChI is InChI=1S/C19H23N5O/c25-18(24-13-2-5-17(24)15-6-10-20-11-7-15)16-4-1-12-23(14-16)19-21-8-3-9-22-19/h3,6-11,16-17H,1-2,4-5,12-14H2/t16-,17-/m1/s1. The number of piperidine rings is 1. The third-order valence-electron chi connectivity index (χ3n) is 5.23. The van der Waals surface area contributed by atoms with Crippen molar-refractivity contribution in [3.8, 4) is 0 Å². The largest absolute Gasteiger partial charge is 0.340 e. The number of amides is 1. The van der Waals surface area contributed by atoms with E-state index in [-0.39, 0.29) is 17.9 Å².